The van der Waals surface area contributed by atoms with Gasteiger partial charge < -0.3 is 14.9 Å². The van der Waals surface area contributed by atoms with Crippen LogP contribution >= 0.6 is 0 Å². The van der Waals surface area contributed by atoms with Gasteiger partial charge in [0.25, 0.3) is 0 Å². The molecule has 0 bridgehead atoms. The van der Waals surface area contributed by atoms with Gasteiger partial charge in [-0.2, -0.15) is 0 Å². The Morgan fingerprint density at radius 2 is 1.78 bits per heavy atom. The lowest BCUT2D eigenvalue weighted by molar-refractivity contribution is 0.0696. The fourth-order valence-corrected chi connectivity index (χ4v) is 2.19. The summed E-state index contributed by atoms with van der Waals surface area (Å²) in [5, 5.41) is 9.30. The molecule has 1 N–H and O–H groups in total. The summed E-state index contributed by atoms with van der Waals surface area (Å²) in [6.07, 6.45) is 1.70. The molecule has 0 saturated heterocycles. The first-order valence-electron chi connectivity index (χ1n) is 6.14. The summed E-state index contributed by atoms with van der Waals surface area (Å²) in [7, 11) is 7.84. The number of anilines is 2. The van der Waals surface area contributed by atoms with E-state index in [-0.39, 0.29) is 0 Å². The van der Waals surface area contributed by atoms with E-state index in [0.717, 1.165) is 29.8 Å². The molecular formula is C14H22N2O2. The third-order valence-electron chi connectivity index (χ3n) is 2.92. The van der Waals surface area contributed by atoms with E-state index < -0.39 is 5.97 Å². The van der Waals surface area contributed by atoms with E-state index in [2.05, 4.69) is 6.92 Å². The van der Waals surface area contributed by atoms with Crippen LogP contribution in [0, 0.1) is 0 Å². The molecule has 0 unspecified atom stereocenters. The zero-order valence-corrected chi connectivity index (χ0v) is 11.8. The third-order valence-corrected chi connectivity index (χ3v) is 2.92. The zero-order chi connectivity index (χ0) is 13.9. The van der Waals surface area contributed by atoms with Crippen molar-refractivity contribution in [2.45, 2.75) is 19.8 Å². The Labute approximate surface area is 109 Å². The molecule has 4 nitrogen and oxygen atoms in total. The maximum absolute atomic E-state index is 11.3. The smallest absolute Gasteiger partial charge is 0.336 e. The van der Waals surface area contributed by atoms with Crippen LogP contribution in [0.25, 0.3) is 0 Å². The van der Waals surface area contributed by atoms with Crippen molar-refractivity contribution in [2.75, 3.05) is 38.0 Å². The number of carboxylic acid groups (broad SMARTS) is 1. The van der Waals surface area contributed by atoms with Crippen LogP contribution < -0.4 is 9.80 Å². The number of hydrogen-bond acceptors (Lipinski definition) is 3. The third kappa shape index (κ3) is 2.75. The largest absolute Gasteiger partial charge is 0.478 e. The monoisotopic (exact) mass is 250 g/mol. The second-order valence-electron chi connectivity index (χ2n) is 4.80. The molecule has 18 heavy (non-hydrogen) atoms. The normalized spacial score (nSPS) is 10.3. The quantitative estimate of drug-likeness (QED) is 0.872. The van der Waals surface area contributed by atoms with Crippen molar-refractivity contribution < 1.29 is 9.90 Å². The molecule has 0 aliphatic rings. The molecule has 0 aromatic heterocycles. The minimum absolute atomic E-state index is 0.408. The highest BCUT2D eigenvalue weighted by molar-refractivity contribution is 5.94. The maximum atomic E-state index is 11.3. The SMILES string of the molecule is CCCc1c(C(=O)O)ccc(N(C)C)c1N(C)C. The van der Waals surface area contributed by atoms with E-state index >= 15 is 0 Å². The van der Waals surface area contributed by atoms with Crippen molar-refractivity contribution in [1.29, 1.82) is 0 Å². The van der Waals surface area contributed by atoms with Crippen LogP contribution in [0.3, 0.4) is 0 Å². The summed E-state index contributed by atoms with van der Waals surface area (Å²) >= 11 is 0. The van der Waals surface area contributed by atoms with Gasteiger partial charge in [0.05, 0.1) is 16.9 Å². The Morgan fingerprint density at radius 3 is 2.17 bits per heavy atom. The molecule has 0 amide bonds. The Bertz CT molecular complexity index is 440. The maximum Gasteiger partial charge on any atom is 0.336 e. The zero-order valence-electron chi connectivity index (χ0n) is 11.8. The molecule has 0 radical (unpaired) electrons. The predicted octanol–water partition coefficient (Wildman–Crippen LogP) is 2.47. The molecule has 0 aliphatic heterocycles. The van der Waals surface area contributed by atoms with Gasteiger partial charge in [-0.1, -0.05) is 13.3 Å². The minimum Gasteiger partial charge on any atom is -0.478 e. The first kappa shape index (κ1) is 14.4. The molecule has 4 heteroatoms. The molecule has 1 aromatic carbocycles. The molecule has 100 valence electrons. The van der Waals surface area contributed by atoms with E-state index in [1.807, 2.05) is 44.1 Å². The Kier molecular flexibility index (Phi) is 4.59. The summed E-state index contributed by atoms with van der Waals surface area (Å²) in [5.74, 6) is -0.855. The minimum atomic E-state index is -0.855. The van der Waals surface area contributed by atoms with Crippen molar-refractivity contribution in [1.82, 2.24) is 0 Å². The molecule has 0 aliphatic carbocycles. The number of hydrogen-bond donors (Lipinski definition) is 1. The molecule has 0 atom stereocenters. The van der Waals surface area contributed by atoms with Gasteiger partial charge in [-0.3, -0.25) is 0 Å². The number of carboxylic acids is 1. The average Bonchev–Trinajstić information content (AvgIpc) is 2.27. The predicted molar refractivity (Wildman–Crippen MR) is 76.1 cm³/mol. The van der Waals surface area contributed by atoms with Crippen LogP contribution in [0.5, 0.6) is 0 Å². The van der Waals surface area contributed by atoms with Crippen LogP contribution in [-0.2, 0) is 6.42 Å². The van der Waals surface area contributed by atoms with Crippen molar-refractivity contribution in [3.05, 3.63) is 23.3 Å². The van der Waals surface area contributed by atoms with Gasteiger partial charge in [-0.05, 0) is 24.1 Å². The second kappa shape index (κ2) is 5.76. The van der Waals surface area contributed by atoms with Crippen LogP contribution in [0.4, 0.5) is 11.4 Å². The number of carbonyl (C=O) groups is 1. The van der Waals surface area contributed by atoms with Crippen LogP contribution in [0.1, 0.15) is 29.3 Å². The first-order valence-corrected chi connectivity index (χ1v) is 6.14. The Hall–Kier alpha value is -1.71. The highest BCUT2D eigenvalue weighted by atomic mass is 16.4. The number of benzene rings is 1. The average molecular weight is 250 g/mol. The molecule has 0 spiro atoms. The van der Waals surface area contributed by atoms with Gasteiger partial charge in [0.2, 0.25) is 0 Å². The lowest BCUT2D eigenvalue weighted by atomic mass is 9.98. The van der Waals surface area contributed by atoms with E-state index in [1.54, 1.807) is 6.07 Å². The Balaban J connectivity index is 3.54. The van der Waals surface area contributed by atoms with Gasteiger partial charge in [0.1, 0.15) is 0 Å². The van der Waals surface area contributed by atoms with Gasteiger partial charge in [-0.25, -0.2) is 4.79 Å². The molecule has 0 fully saturated rings. The lowest BCUT2D eigenvalue weighted by Crippen LogP contribution is -2.20. The standard InChI is InChI=1S/C14H22N2O2/c1-6-7-10-11(14(17)18)8-9-12(15(2)3)13(10)16(4)5/h8-9H,6-7H2,1-5H3,(H,17,18). The molecule has 0 heterocycles. The molecular weight excluding hydrogens is 228 g/mol. The lowest BCUT2D eigenvalue weighted by Gasteiger charge is -2.26. The summed E-state index contributed by atoms with van der Waals surface area (Å²) < 4.78 is 0. The summed E-state index contributed by atoms with van der Waals surface area (Å²) in [6, 6.07) is 3.58. The van der Waals surface area contributed by atoms with Crippen LogP contribution in [-0.4, -0.2) is 39.3 Å². The fourth-order valence-electron chi connectivity index (χ4n) is 2.19. The van der Waals surface area contributed by atoms with E-state index in [4.69, 9.17) is 0 Å². The number of rotatable bonds is 5. The molecule has 1 aromatic rings. The van der Waals surface area contributed by atoms with E-state index in [9.17, 15) is 9.90 Å². The number of aromatic carboxylic acids is 1. The highest BCUT2D eigenvalue weighted by Crippen LogP contribution is 2.34. The fraction of sp³-hybridized carbons (Fsp3) is 0.500. The van der Waals surface area contributed by atoms with Gasteiger partial charge >= 0.3 is 5.97 Å². The molecule has 1 rings (SSSR count). The number of nitrogens with zero attached hydrogens (tertiary/aromatic N) is 2. The van der Waals surface area contributed by atoms with Gasteiger partial charge in [0, 0.05) is 28.2 Å². The van der Waals surface area contributed by atoms with Crippen LogP contribution in [0.15, 0.2) is 12.1 Å². The Morgan fingerprint density at radius 1 is 1.17 bits per heavy atom. The summed E-state index contributed by atoms with van der Waals surface area (Å²) in [4.78, 5) is 15.3. The topological polar surface area (TPSA) is 43.8 Å². The van der Waals surface area contributed by atoms with Crippen molar-refractivity contribution in [3.63, 3.8) is 0 Å². The summed E-state index contributed by atoms with van der Waals surface area (Å²) in [5.41, 5.74) is 3.38. The van der Waals surface area contributed by atoms with Crippen molar-refractivity contribution >= 4 is 17.3 Å². The molecule has 0 saturated carbocycles. The van der Waals surface area contributed by atoms with Gasteiger partial charge in [0.15, 0.2) is 0 Å². The highest BCUT2D eigenvalue weighted by Gasteiger charge is 2.19. The first-order chi connectivity index (χ1) is 8.40. The van der Waals surface area contributed by atoms with Crippen LogP contribution in [0.2, 0.25) is 0 Å². The van der Waals surface area contributed by atoms with Crippen molar-refractivity contribution in [2.24, 2.45) is 0 Å². The summed E-state index contributed by atoms with van der Waals surface area (Å²) in [6.45, 7) is 2.06. The second-order valence-corrected chi connectivity index (χ2v) is 4.80. The van der Waals surface area contributed by atoms with Crippen molar-refractivity contribution in [3.8, 4) is 0 Å². The van der Waals surface area contributed by atoms with E-state index in [1.165, 1.54) is 0 Å². The van der Waals surface area contributed by atoms with Gasteiger partial charge in [-0.15, -0.1) is 0 Å². The van der Waals surface area contributed by atoms with E-state index in [0.29, 0.717) is 5.56 Å².